The van der Waals surface area contributed by atoms with Crippen molar-refractivity contribution in [3.63, 3.8) is 0 Å². The van der Waals surface area contributed by atoms with Crippen molar-refractivity contribution >= 4 is 28.3 Å². The van der Waals surface area contributed by atoms with Crippen LogP contribution >= 0.6 is 12.4 Å². The maximum Gasteiger partial charge on any atom is 0.251 e. The normalized spacial score (nSPS) is 22.3. The Bertz CT molecular complexity index is 686. The van der Waals surface area contributed by atoms with Gasteiger partial charge in [-0.1, -0.05) is 0 Å². The molecule has 0 radical (unpaired) electrons. The van der Waals surface area contributed by atoms with Gasteiger partial charge in [-0.05, 0) is 52.1 Å². The van der Waals surface area contributed by atoms with Crippen molar-refractivity contribution in [3.05, 3.63) is 29.8 Å². The van der Waals surface area contributed by atoms with E-state index in [0.29, 0.717) is 25.2 Å². The van der Waals surface area contributed by atoms with E-state index in [-0.39, 0.29) is 41.5 Å². The standard InChI is InChI=1S/C17H27N3O4S.ClH/c1-12(18-4)9-19-17(21)15-5-7-16(8-6-15)25(22,23)20-10-13(2)24-14(3)11-20;/h5-8,12-14,18H,9-11H2,1-4H3,(H,19,21);1H. The Balaban J connectivity index is 0.00000338. The van der Waals surface area contributed by atoms with Gasteiger partial charge in [-0.15, -0.1) is 12.4 Å². The highest BCUT2D eigenvalue weighted by molar-refractivity contribution is 7.89. The zero-order valence-electron chi connectivity index (χ0n) is 15.6. The van der Waals surface area contributed by atoms with E-state index in [1.165, 1.54) is 16.4 Å². The SMILES string of the molecule is CNC(C)CNC(=O)c1ccc(S(=O)(=O)N2CC(C)OC(C)C2)cc1.Cl. The highest BCUT2D eigenvalue weighted by Crippen LogP contribution is 2.21. The molecule has 1 aliphatic rings. The summed E-state index contributed by atoms with van der Waals surface area (Å²) < 4.78 is 32.6. The largest absolute Gasteiger partial charge is 0.373 e. The summed E-state index contributed by atoms with van der Waals surface area (Å²) in [4.78, 5) is 12.3. The summed E-state index contributed by atoms with van der Waals surface area (Å²) in [6, 6.07) is 6.21. The topological polar surface area (TPSA) is 87.7 Å². The zero-order valence-corrected chi connectivity index (χ0v) is 17.2. The maximum atomic E-state index is 12.8. The Kier molecular flexibility index (Phi) is 8.49. The Morgan fingerprint density at radius 3 is 2.27 bits per heavy atom. The fourth-order valence-electron chi connectivity index (χ4n) is 2.70. The maximum absolute atomic E-state index is 12.8. The fourth-order valence-corrected chi connectivity index (χ4v) is 4.29. The number of nitrogens with zero attached hydrogens (tertiary/aromatic N) is 1. The molecule has 3 unspecified atom stereocenters. The first-order chi connectivity index (χ1) is 11.7. The second kappa shape index (κ2) is 9.66. The number of rotatable bonds is 6. The lowest BCUT2D eigenvalue weighted by molar-refractivity contribution is -0.0440. The van der Waals surface area contributed by atoms with Crippen LogP contribution in [-0.4, -0.2) is 63.6 Å². The molecule has 9 heteroatoms. The van der Waals surface area contributed by atoms with Crippen LogP contribution in [0.3, 0.4) is 0 Å². The van der Waals surface area contributed by atoms with E-state index in [9.17, 15) is 13.2 Å². The number of morpholine rings is 1. The number of carbonyl (C=O) groups excluding carboxylic acids is 1. The van der Waals surface area contributed by atoms with Gasteiger partial charge in [-0.25, -0.2) is 8.42 Å². The molecule has 1 aliphatic heterocycles. The molecular formula is C17H28ClN3O4S. The third-order valence-corrected chi connectivity index (χ3v) is 6.05. The molecule has 0 bridgehead atoms. The number of hydrogen-bond acceptors (Lipinski definition) is 5. The smallest absolute Gasteiger partial charge is 0.251 e. The molecule has 26 heavy (non-hydrogen) atoms. The summed E-state index contributed by atoms with van der Waals surface area (Å²) in [5.41, 5.74) is 0.436. The van der Waals surface area contributed by atoms with Gasteiger partial charge in [-0.3, -0.25) is 4.79 Å². The van der Waals surface area contributed by atoms with Gasteiger partial charge in [-0.2, -0.15) is 4.31 Å². The minimum atomic E-state index is -3.59. The average molecular weight is 406 g/mol. The van der Waals surface area contributed by atoms with Crippen molar-refractivity contribution in [1.29, 1.82) is 0 Å². The Morgan fingerprint density at radius 1 is 1.23 bits per heavy atom. The first kappa shape index (κ1) is 22.9. The van der Waals surface area contributed by atoms with Crippen LogP contribution in [0.1, 0.15) is 31.1 Å². The minimum absolute atomic E-state index is 0. The minimum Gasteiger partial charge on any atom is -0.373 e. The van der Waals surface area contributed by atoms with Crippen molar-refractivity contribution in [2.45, 2.75) is 43.9 Å². The lowest BCUT2D eigenvalue weighted by Crippen LogP contribution is -2.48. The lowest BCUT2D eigenvalue weighted by atomic mass is 10.2. The van der Waals surface area contributed by atoms with Crippen LogP contribution in [0, 0.1) is 0 Å². The van der Waals surface area contributed by atoms with Gasteiger partial charge >= 0.3 is 0 Å². The van der Waals surface area contributed by atoms with Gasteiger partial charge in [0.15, 0.2) is 0 Å². The number of nitrogens with one attached hydrogen (secondary N) is 2. The Hall–Kier alpha value is -1.19. The molecule has 148 valence electrons. The molecule has 1 amide bonds. The molecule has 1 aromatic carbocycles. The van der Waals surface area contributed by atoms with Crippen LogP contribution in [0.5, 0.6) is 0 Å². The third-order valence-electron chi connectivity index (χ3n) is 4.20. The van der Waals surface area contributed by atoms with Crippen LogP contribution in [0.2, 0.25) is 0 Å². The number of amides is 1. The van der Waals surface area contributed by atoms with Crippen LogP contribution in [0.25, 0.3) is 0 Å². The summed E-state index contributed by atoms with van der Waals surface area (Å²) in [6.45, 7) is 6.84. The van der Waals surface area contributed by atoms with E-state index < -0.39 is 10.0 Å². The monoisotopic (exact) mass is 405 g/mol. The van der Waals surface area contributed by atoms with Crippen molar-refractivity contribution < 1.29 is 17.9 Å². The molecule has 0 aromatic heterocycles. The molecule has 0 saturated carbocycles. The molecule has 1 saturated heterocycles. The van der Waals surface area contributed by atoms with Gasteiger partial charge in [0.1, 0.15) is 0 Å². The zero-order chi connectivity index (χ0) is 18.6. The molecular weight excluding hydrogens is 378 g/mol. The number of sulfonamides is 1. The van der Waals surface area contributed by atoms with Gasteiger partial charge in [0.2, 0.25) is 10.0 Å². The van der Waals surface area contributed by atoms with E-state index in [2.05, 4.69) is 10.6 Å². The predicted molar refractivity (Wildman–Crippen MR) is 103 cm³/mol. The van der Waals surface area contributed by atoms with Crippen LogP contribution in [0.4, 0.5) is 0 Å². The third kappa shape index (κ3) is 5.65. The predicted octanol–water partition coefficient (Wildman–Crippen LogP) is 1.24. The average Bonchev–Trinajstić information content (AvgIpc) is 2.58. The highest BCUT2D eigenvalue weighted by atomic mass is 35.5. The summed E-state index contributed by atoms with van der Waals surface area (Å²) in [5.74, 6) is -0.223. The molecule has 0 spiro atoms. The van der Waals surface area contributed by atoms with Gasteiger partial charge in [0.25, 0.3) is 5.91 Å². The van der Waals surface area contributed by atoms with E-state index >= 15 is 0 Å². The van der Waals surface area contributed by atoms with Gasteiger partial charge < -0.3 is 15.4 Å². The van der Waals surface area contributed by atoms with Crippen LogP contribution in [0.15, 0.2) is 29.2 Å². The summed E-state index contributed by atoms with van der Waals surface area (Å²) in [7, 11) is -1.77. The number of hydrogen-bond donors (Lipinski definition) is 2. The molecule has 1 aromatic rings. The lowest BCUT2D eigenvalue weighted by Gasteiger charge is -2.34. The quantitative estimate of drug-likeness (QED) is 0.743. The number of carbonyl (C=O) groups is 1. The molecule has 1 heterocycles. The molecule has 3 atom stereocenters. The molecule has 2 rings (SSSR count). The van der Waals surface area contributed by atoms with Gasteiger partial charge in [0.05, 0.1) is 17.1 Å². The number of benzene rings is 1. The highest BCUT2D eigenvalue weighted by Gasteiger charge is 2.32. The second-order valence-corrected chi connectivity index (χ2v) is 8.44. The van der Waals surface area contributed by atoms with Crippen molar-refractivity contribution in [3.8, 4) is 0 Å². The fraction of sp³-hybridized carbons (Fsp3) is 0.588. The van der Waals surface area contributed by atoms with Crippen molar-refractivity contribution in [2.24, 2.45) is 0 Å². The number of halogens is 1. The van der Waals surface area contributed by atoms with Gasteiger partial charge in [0, 0.05) is 31.2 Å². The first-order valence-electron chi connectivity index (χ1n) is 8.45. The van der Waals surface area contributed by atoms with E-state index in [4.69, 9.17) is 4.74 Å². The van der Waals surface area contributed by atoms with Crippen LogP contribution in [-0.2, 0) is 14.8 Å². The molecule has 1 fully saturated rings. The van der Waals surface area contributed by atoms with E-state index in [1.54, 1.807) is 12.1 Å². The summed E-state index contributed by atoms with van der Waals surface area (Å²) in [5, 5.41) is 5.84. The van der Waals surface area contributed by atoms with Crippen LogP contribution < -0.4 is 10.6 Å². The number of likely N-dealkylation sites (N-methyl/N-ethyl adjacent to an activating group) is 1. The number of ether oxygens (including phenoxy) is 1. The molecule has 7 nitrogen and oxygen atoms in total. The molecule has 2 N–H and O–H groups in total. The van der Waals surface area contributed by atoms with Crippen molar-refractivity contribution in [1.82, 2.24) is 14.9 Å². The second-order valence-electron chi connectivity index (χ2n) is 6.50. The summed E-state index contributed by atoms with van der Waals surface area (Å²) >= 11 is 0. The van der Waals surface area contributed by atoms with E-state index in [1.807, 2.05) is 27.8 Å². The van der Waals surface area contributed by atoms with E-state index in [0.717, 1.165) is 0 Å². The molecule has 0 aliphatic carbocycles. The Morgan fingerprint density at radius 2 is 1.77 bits per heavy atom. The Labute approximate surface area is 161 Å². The van der Waals surface area contributed by atoms with Crippen molar-refractivity contribution in [2.75, 3.05) is 26.7 Å². The summed E-state index contributed by atoms with van der Waals surface area (Å²) in [6.07, 6.45) is -0.282. The first-order valence-corrected chi connectivity index (χ1v) is 9.89.